The second-order valence-electron chi connectivity index (χ2n) is 4.94. The zero-order valence-corrected chi connectivity index (χ0v) is 11.1. The lowest BCUT2D eigenvalue weighted by Crippen LogP contribution is -2.29. The van der Waals surface area contributed by atoms with E-state index in [1.807, 2.05) is 12.1 Å². The Labute approximate surface area is 117 Å². The summed E-state index contributed by atoms with van der Waals surface area (Å²) in [4.78, 5) is 0. The number of para-hydroxylation sites is 1. The highest BCUT2D eigenvalue weighted by atomic mass is 19.1. The lowest BCUT2D eigenvalue weighted by atomic mass is 9.94. The van der Waals surface area contributed by atoms with Gasteiger partial charge in [0.25, 0.3) is 0 Å². The van der Waals surface area contributed by atoms with Gasteiger partial charge in [-0.05, 0) is 36.1 Å². The summed E-state index contributed by atoms with van der Waals surface area (Å²) in [5, 5.41) is 0. The van der Waals surface area contributed by atoms with Crippen molar-refractivity contribution in [2.75, 3.05) is 6.61 Å². The van der Waals surface area contributed by atoms with Crippen LogP contribution in [-0.2, 0) is 6.42 Å². The van der Waals surface area contributed by atoms with Crippen molar-refractivity contribution >= 4 is 0 Å². The molecule has 0 aromatic heterocycles. The Hall–Kier alpha value is -1.91. The minimum atomic E-state index is -0.254. The zero-order chi connectivity index (χ0) is 13.9. The molecule has 0 aliphatic carbocycles. The van der Waals surface area contributed by atoms with Crippen LogP contribution in [0.15, 0.2) is 42.5 Å². The number of nitrogens with one attached hydrogen (secondary N) is 1. The van der Waals surface area contributed by atoms with Crippen LogP contribution < -0.4 is 16.0 Å². The number of fused-ring (bicyclic) bond motifs is 1. The number of rotatable bonds is 3. The molecule has 3 N–H and O–H groups in total. The van der Waals surface area contributed by atoms with Gasteiger partial charge in [0.05, 0.1) is 12.6 Å². The summed E-state index contributed by atoms with van der Waals surface area (Å²) < 4.78 is 18.9. The van der Waals surface area contributed by atoms with Gasteiger partial charge in [-0.3, -0.25) is 5.84 Å². The van der Waals surface area contributed by atoms with Crippen molar-refractivity contribution in [2.45, 2.75) is 18.9 Å². The summed E-state index contributed by atoms with van der Waals surface area (Å²) in [5.74, 6) is 6.36. The number of hydrogen-bond donors (Lipinski definition) is 2. The van der Waals surface area contributed by atoms with Crippen LogP contribution in [0.2, 0.25) is 0 Å². The predicted molar refractivity (Wildman–Crippen MR) is 75.8 cm³/mol. The predicted octanol–water partition coefficient (Wildman–Crippen LogP) is 2.70. The van der Waals surface area contributed by atoms with Crippen molar-refractivity contribution < 1.29 is 9.13 Å². The van der Waals surface area contributed by atoms with Crippen LogP contribution in [-0.4, -0.2) is 6.61 Å². The van der Waals surface area contributed by atoms with Gasteiger partial charge in [-0.15, -0.1) is 0 Å². The molecule has 1 unspecified atom stereocenters. The van der Waals surface area contributed by atoms with Crippen LogP contribution >= 0.6 is 0 Å². The number of nitrogens with two attached hydrogens (primary N) is 1. The van der Waals surface area contributed by atoms with E-state index in [2.05, 4.69) is 11.5 Å². The fourth-order valence-corrected chi connectivity index (χ4v) is 2.66. The van der Waals surface area contributed by atoms with Crippen LogP contribution in [0, 0.1) is 5.82 Å². The van der Waals surface area contributed by atoms with Crippen molar-refractivity contribution in [3.05, 3.63) is 65.0 Å². The van der Waals surface area contributed by atoms with E-state index in [1.54, 1.807) is 12.1 Å². The van der Waals surface area contributed by atoms with Gasteiger partial charge in [0.2, 0.25) is 0 Å². The normalized spacial score (nSPS) is 15.3. The first-order chi connectivity index (χ1) is 9.79. The molecule has 0 radical (unpaired) electrons. The second-order valence-corrected chi connectivity index (χ2v) is 4.94. The molecule has 0 bridgehead atoms. The quantitative estimate of drug-likeness (QED) is 0.667. The second kappa shape index (κ2) is 5.61. The summed E-state index contributed by atoms with van der Waals surface area (Å²) in [6.07, 6.45) is 2.05. The summed E-state index contributed by atoms with van der Waals surface area (Å²) in [6.45, 7) is 0.727. The molecule has 0 saturated carbocycles. The highest BCUT2D eigenvalue weighted by Crippen LogP contribution is 2.35. The fraction of sp³-hybridized carbons (Fsp3) is 0.250. The van der Waals surface area contributed by atoms with Crippen molar-refractivity contribution in [3.63, 3.8) is 0 Å². The van der Waals surface area contributed by atoms with Gasteiger partial charge in [0.1, 0.15) is 11.6 Å². The lowest BCUT2D eigenvalue weighted by Gasteiger charge is -2.25. The molecule has 0 saturated heterocycles. The van der Waals surface area contributed by atoms with Gasteiger partial charge < -0.3 is 4.74 Å². The van der Waals surface area contributed by atoms with E-state index >= 15 is 0 Å². The highest BCUT2D eigenvalue weighted by molar-refractivity contribution is 5.47. The van der Waals surface area contributed by atoms with E-state index in [4.69, 9.17) is 10.6 Å². The monoisotopic (exact) mass is 272 g/mol. The van der Waals surface area contributed by atoms with Gasteiger partial charge in [-0.2, -0.15) is 0 Å². The maximum atomic E-state index is 13.1. The maximum Gasteiger partial charge on any atom is 0.127 e. The summed E-state index contributed by atoms with van der Waals surface area (Å²) in [7, 11) is 0. The lowest BCUT2D eigenvalue weighted by molar-refractivity contribution is 0.283. The van der Waals surface area contributed by atoms with E-state index in [0.717, 1.165) is 36.3 Å². The molecule has 3 rings (SSSR count). The third-order valence-corrected chi connectivity index (χ3v) is 3.64. The smallest absolute Gasteiger partial charge is 0.127 e. The summed E-state index contributed by atoms with van der Waals surface area (Å²) in [6, 6.07) is 12.2. The molecule has 20 heavy (non-hydrogen) atoms. The van der Waals surface area contributed by atoms with E-state index in [9.17, 15) is 4.39 Å². The molecule has 1 heterocycles. The van der Waals surface area contributed by atoms with Crippen molar-refractivity contribution in [3.8, 4) is 5.75 Å². The number of benzene rings is 2. The molecule has 2 aromatic rings. The number of hydrazine groups is 1. The topological polar surface area (TPSA) is 47.3 Å². The Kier molecular flexibility index (Phi) is 3.67. The number of hydrogen-bond acceptors (Lipinski definition) is 3. The highest BCUT2D eigenvalue weighted by Gasteiger charge is 2.21. The van der Waals surface area contributed by atoms with E-state index < -0.39 is 0 Å². The largest absolute Gasteiger partial charge is 0.493 e. The minimum absolute atomic E-state index is 0.205. The standard InChI is InChI=1S/C16H17FN2O/c17-13-8-6-11(7-9-13)15(19-18)14-5-1-3-12-4-2-10-20-16(12)14/h1,3,5-9,15,19H,2,4,10,18H2. The molecule has 1 aliphatic heterocycles. The van der Waals surface area contributed by atoms with Crippen molar-refractivity contribution in [1.82, 2.24) is 5.43 Å². The van der Waals surface area contributed by atoms with Crippen LogP contribution in [0.4, 0.5) is 4.39 Å². The maximum absolute atomic E-state index is 13.1. The van der Waals surface area contributed by atoms with Crippen LogP contribution in [0.5, 0.6) is 5.75 Å². The van der Waals surface area contributed by atoms with E-state index in [0.29, 0.717) is 0 Å². The number of aryl methyl sites for hydroxylation is 1. The Morgan fingerprint density at radius 2 is 1.95 bits per heavy atom. The van der Waals surface area contributed by atoms with Gasteiger partial charge in [0.15, 0.2) is 0 Å². The molecular formula is C16H17FN2O. The van der Waals surface area contributed by atoms with E-state index in [1.165, 1.54) is 17.7 Å². The Balaban J connectivity index is 2.03. The molecular weight excluding hydrogens is 255 g/mol. The molecule has 4 heteroatoms. The van der Waals surface area contributed by atoms with Crippen LogP contribution in [0.3, 0.4) is 0 Å². The van der Waals surface area contributed by atoms with Crippen molar-refractivity contribution in [2.24, 2.45) is 5.84 Å². The first-order valence-corrected chi connectivity index (χ1v) is 6.76. The first kappa shape index (κ1) is 13.1. The Morgan fingerprint density at radius 1 is 1.15 bits per heavy atom. The number of ether oxygens (including phenoxy) is 1. The minimum Gasteiger partial charge on any atom is -0.493 e. The van der Waals surface area contributed by atoms with E-state index in [-0.39, 0.29) is 11.9 Å². The number of halogens is 1. The molecule has 2 aromatic carbocycles. The Morgan fingerprint density at radius 3 is 2.70 bits per heavy atom. The average molecular weight is 272 g/mol. The molecule has 3 nitrogen and oxygen atoms in total. The molecule has 1 atom stereocenters. The first-order valence-electron chi connectivity index (χ1n) is 6.76. The average Bonchev–Trinajstić information content (AvgIpc) is 2.50. The zero-order valence-electron chi connectivity index (χ0n) is 11.1. The molecule has 0 spiro atoms. The third kappa shape index (κ3) is 2.40. The van der Waals surface area contributed by atoms with Gasteiger partial charge in [0, 0.05) is 5.56 Å². The summed E-state index contributed by atoms with van der Waals surface area (Å²) >= 11 is 0. The van der Waals surface area contributed by atoms with Crippen molar-refractivity contribution in [1.29, 1.82) is 0 Å². The third-order valence-electron chi connectivity index (χ3n) is 3.64. The Bertz CT molecular complexity index is 598. The van der Waals surface area contributed by atoms with Crippen LogP contribution in [0.25, 0.3) is 0 Å². The fourth-order valence-electron chi connectivity index (χ4n) is 2.66. The van der Waals surface area contributed by atoms with Crippen LogP contribution in [0.1, 0.15) is 29.2 Å². The van der Waals surface area contributed by atoms with Gasteiger partial charge >= 0.3 is 0 Å². The van der Waals surface area contributed by atoms with Gasteiger partial charge in [-0.1, -0.05) is 30.3 Å². The van der Waals surface area contributed by atoms with Gasteiger partial charge in [-0.25, -0.2) is 9.82 Å². The SMILES string of the molecule is NNC(c1ccc(F)cc1)c1cccc2c1OCCC2. The molecule has 104 valence electrons. The molecule has 1 aliphatic rings. The molecule has 0 fully saturated rings. The molecule has 0 amide bonds. The summed E-state index contributed by atoms with van der Waals surface area (Å²) in [5.41, 5.74) is 5.92.